The van der Waals surface area contributed by atoms with Crippen LogP contribution >= 0.6 is 0 Å². The van der Waals surface area contributed by atoms with Gasteiger partial charge in [0.25, 0.3) is 0 Å². The van der Waals surface area contributed by atoms with Crippen LogP contribution < -0.4 is 0 Å². The second-order valence-electron chi connectivity index (χ2n) is 4.13. The minimum absolute atomic E-state index is 0.692. The third-order valence-electron chi connectivity index (χ3n) is 2.94. The number of aromatic nitrogens is 2. The Bertz CT molecular complexity index is 506. The summed E-state index contributed by atoms with van der Waals surface area (Å²) >= 11 is 0. The summed E-state index contributed by atoms with van der Waals surface area (Å²) in [5.41, 5.74) is 2.35. The van der Waals surface area contributed by atoms with Crippen molar-refractivity contribution in [3.8, 4) is 0 Å². The zero-order valence-corrected chi connectivity index (χ0v) is 8.69. The maximum atomic E-state index is 4.71. The molecule has 0 aliphatic heterocycles. The number of nitrogens with zero attached hydrogens (tertiary/aromatic N) is 2. The lowest BCUT2D eigenvalue weighted by Crippen LogP contribution is -2.00. The van der Waals surface area contributed by atoms with Crippen LogP contribution in [-0.4, -0.2) is 9.55 Å². The van der Waals surface area contributed by atoms with Gasteiger partial charge in [0.05, 0.1) is 11.0 Å². The Morgan fingerprint density at radius 1 is 1.40 bits per heavy atom. The van der Waals surface area contributed by atoms with E-state index in [1.807, 2.05) is 12.1 Å². The van der Waals surface area contributed by atoms with Crippen LogP contribution in [0.1, 0.15) is 24.6 Å². The molecule has 76 valence electrons. The Kier molecular flexibility index (Phi) is 1.88. The molecule has 1 aliphatic carbocycles. The van der Waals surface area contributed by atoms with Gasteiger partial charge in [0.15, 0.2) is 0 Å². The summed E-state index contributed by atoms with van der Waals surface area (Å²) in [6.45, 7) is 4.68. The molecule has 1 aromatic heterocycles. The standard InChI is InChI=1S/C13H14N2/c1-2-9-15-12-6-4-3-5-11(12)14-13(15)10-7-8-10/h2-6,10H,1,7-9H2. The lowest BCUT2D eigenvalue weighted by atomic mass is 10.3. The largest absolute Gasteiger partial charge is 0.324 e. The molecule has 0 atom stereocenters. The first-order valence-corrected chi connectivity index (χ1v) is 5.46. The summed E-state index contributed by atoms with van der Waals surface area (Å²) in [5.74, 6) is 1.94. The average molecular weight is 198 g/mol. The highest BCUT2D eigenvalue weighted by molar-refractivity contribution is 5.76. The Labute approximate surface area is 89.2 Å². The van der Waals surface area contributed by atoms with E-state index in [0.717, 1.165) is 12.1 Å². The van der Waals surface area contributed by atoms with E-state index < -0.39 is 0 Å². The second-order valence-corrected chi connectivity index (χ2v) is 4.13. The van der Waals surface area contributed by atoms with Crippen LogP contribution in [0, 0.1) is 0 Å². The number of hydrogen-bond donors (Lipinski definition) is 0. The minimum atomic E-state index is 0.692. The minimum Gasteiger partial charge on any atom is -0.324 e. The maximum Gasteiger partial charge on any atom is 0.113 e. The van der Waals surface area contributed by atoms with Crippen LogP contribution in [0.15, 0.2) is 36.9 Å². The van der Waals surface area contributed by atoms with Crippen molar-refractivity contribution >= 4 is 11.0 Å². The Balaban J connectivity index is 2.23. The summed E-state index contributed by atoms with van der Waals surface area (Å²) in [4.78, 5) is 4.71. The van der Waals surface area contributed by atoms with Crippen molar-refractivity contribution in [1.29, 1.82) is 0 Å². The van der Waals surface area contributed by atoms with Crippen molar-refractivity contribution < 1.29 is 0 Å². The van der Waals surface area contributed by atoms with Crippen LogP contribution in [0.4, 0.5) is 0 Å². The molecule has 0 unspecified atom stereocenters. The monoisotopic (exact) mass is 198 g/mol. The highest BCUT2D eigenvalue weighted by Gasteiger charge is 2.29. The van der Waals surface area contributed by atoms with Crippen molar-refractivity contribution in [3.63, 3.8) is 0 Å². The van der Waals surface area contributed by atoms with Gasteiger partial charge in [0, 0.05) is 12.5 Å². The molecule has 0 radical (unpaired) electrons. The molecule has 0 saturated heterocycles. The molecule has 1 saturated carbocycles. The van der Waals surface area contributed by atoms with E-state index in [2.05, 4.69) is 29.3 Å². The van der Waals surface area contributed by atoms with Crippen LogP contribution in [0.25, 0.3) is 11.0 Å². The highest BCUT2D eigenvalue weighted by atomic mass is 15.1. The van der Waals surface area contributed by atoms with Gasteiger partial charge in [-0.3, -0.25) is 0 Å². The normalized spacial score (nSPS) is 15.7. The molecular formula is C13H14N2. The summed E-state index contributed by atoms with van der Waals surface area (Å²) in [6.07, 6.45) is 4.53. The molecule has 2 aromatic rings. The summed E-state index contributed by atoms with van der Waals surface area (Å²) in [5, 5.41) is 0. The zero-order valence-electron chi connectivity index (χ0n) is 8.69. The molecule has 3 rings (SSSR count). The second kappa shape index (κ2) is 3.23. The molecule has 0 N–H and O–H groups in total. The topological polar surface area (TPSA) is 17.8 Å². The van der Waals surface area contributed by atoms with E-state index in [4.69, 9.17) is 4.98 Å². The molecule has 1 fully saturated rings. The first-order valence-electron chi connectivity index (χ1n) is 5.46. The quantitative estimate of drug-likeness (QED) is 0.693. The van der Waals surface area contributed by atoms with Crippen molar-refractivity contribution in [2.75, 3.05) is 0 Å². The van der Waals surface area contributed by atoms with Crippen molar-refractivity contribution in [3.05, 3.63) is 42.7 Å². The Morgan fingerprint density at radius 2 is 2.20 bits per heavy atom. The lowest BCUT2D eigenvalue weighted by molar-refractivity contribution is 0.763. The summed E-state index contributed by atoms with van der Waals surface area (Å²) < 4.78 is 2.29. The van der Waals surface area contributed by atoms with Crippen LogP contribution in [0.3, 0.4) is 0 Å². The molecular weight excluding hydrogens is 184 g/mol. The van der Waals surface area contributed by atoms with Crippen LogP contribution in [-0.2, 0) is 6.54 Å². The predicted molar refractivity (Wildman–Crippen MR) is 61.9 cm³/mol. The van der Waals surface area contributed by atoms with Crippen molar-refractivity contribution in [2.24, 2.45) is 0 Å². The Morgan fingerprint density at radius 3 is 2.93 bits per heavy atom. The number of fused-ring (bicyclic) bond motifs is 1. The number of para-hydroxylation sites is 2. The van der Waals surface area contributed by atoms with Gasteiger partial charge < -0.3 is 4.57 Å². The fourth-order valence-corrected chi connectivity index (χ4v) is 2.07. The first kappa shape index (κ1) is 8.72. The van der Waals surface area contributed by atoms with Crippen LogP contribution in [0.5, 0.6) is 0 Å². The third kappa shape index (κ3) is 1.37. The van der Waals surface area contributed by atoms with Gasteiger partial charge in [0.1, 0.15) is 5.82 Å². The zero-order chi connectivity index (χ0) is 10.3. The van der Waals surface area contributed by atoms with Gasteiger partial charge in [0.2, 0.25) is 0 Å². The number of benzene rings is 1. The first-order chi connectivity index (χ1) is 7.40. The smallest absolute Gasteiger partial charge is 0.113 e. The van der Waals surface area contributed by atoms with E-state index in [0.29, 0.717) is 5.92 Å². The van der Waals surface area contributed by atoms with E-state index in [1.54, 1.807) is 0 Å². The number of allylic oxidation sites excluding steroid dienone is 1. The number of rotatable bonds is 3. The fraction of sp³-hybridized carbons (Fsp3) is 0.308. The Hall–Kier alpha value is -1.57. The molecule has 1 heterocycles. The molecule has 1 aliphatic rings. The lowest BCUT2D eigenvalue weighted by Gasteiger charge is -2.04. The third-order valence-corrected chi connectivity index (χ3v) is 2.94. The molecule has 0 spiro atoms. The van der Waals surface area contributed by atoms with E-state index in [-0.39, 0.29) is 0 Å². The van der Waals surface area contributed by atoms with Crippen molar-refractivity contribution in [2.45, 2.75) is 25.3 Å². The molecule has 1 aromatic carbocycles. The van der Waals surface area contributed by atoms with E-state index >= 15 is 0 Å². The van der Waals surface area contributed by atoms with E-state index in [9.17, 15) is 0 Å². The van der Waals surface area contributed by atoms with Gasteiger partial charge in [-0.25, -0.2) is 4.98 Å². The molecule has 2 heteroatoms. The van der Waals surface area contributed by atoms with Crippen molar-refractivity contribution in [1.82, 2.24) is 9.55 Å². The van der Waals surface area contributed by atoms with Gasteiger partial charge >= 0.3 is 0 Å². The highest BCUT2D eigenvalue weighted by Crippen LogP contribution is 2.40. The number of imidazole rings is 1. The SMILES string of the molecule is C=CCn1c(C2CC2)nc2ccccc21. The number of hydrogen-bond acceptors (Lipinski definition) is 1. The molecule has 0 bridgehead atoms. The van der Waals surface area contributed by atoms with E-state index in [1.165, 1.54) is 24.2 Å². The van der Waals surface area contributed by atoms with Gasteiger partial charge in [-0.1, -0.05) is 18.2 Å². The van der Waals surface area contributed by atoms with Gasteiger partial charge in [-0.15, -0.1) is 6.58 Å². The van der Waals surface area contributed by atoms with Gasteiger partial charge in [-0.05, 0) is 25.0 Å². The molecule has 15 heavy (non-hydrogen) atoms. The summed E-state index contributed by atoms with van der Waals surface area (Å²) in [7, 11) is 0. The average Bonchev–Trinajstić information content (AvgIpc) is 3.04. The molecule has 2 nitrogen and oxygen atoms in total. The predicted octanol–water partition coefficient (Wildman–Crippen LogP) is 3.10. The summed E-state index contributed by atoms with van der Waals surface area (Å²) in [6, 6.07) is 8.34. The fourth-order valence-electron chi connectivity index (χ4n) is 2.07. The van der Waals surface area contributed by atoms with Gasteiger partial charge in [-0.2, -0.15) is 0 Å². The van der Waals surface area contributed by atoms with Crippen LogP contribution in [0.2, 0.25) is 0 Å². The maximum absolute atomic E-state index is 4.71. The molecule has 0 amide bonds.